The Labute approximate surface area is 121 Å². The molecule has 0 saturated carbocycles. The van der Waals surface area contributed by atoms with Crippen LogP contribution in [0.25, 0.3) is 0 Å². The first-order valence-corrected chi connectivity index (χ1v) is 7.69. The number of fused-ring (bicyclic) bond motifs is 1. The molecule has 1 amide bonds. The lowest BCUT2D eigenvalue weighted by Crippen LogP contribution is -2.64. The highest BCUT2D eigenvalue weighted by atomic mass is 32.2. The van der Waals surface area contributed by atoms with Crippen molar-refractivity contribution in [2.75, 3.05) is 11.5 Å². The number of β-lactam (4-membered cyclic amide) rings is 1. The number of hydrogen-bond acceptors (Lipinski definition) is 7. The van der Waals surface area contributed by atoms with Crippen molar-refractivity contribution >= 4 is 35.4 Å². The molecular weight excluding hydrogens is 304 g/mol. The minimum atomic E-state index is -1.15. The Hall–Kier alpha value is -1.52. The van der Waals surface area contributed by atoms with Crippen molar-refractivity contribution in [3.05, 3.63) is 17.6 Å². The maximum Gasteiger partial charge on any atom is 0.352 e. The molecule has 0 aromatic carbocycles. The summed E-state index contributed by atoms with van der Waals surface area (Å²) >= 11 is 2.66. The summed E-state index contributed by atoms with van der Waals surface area (Å²) in [6, 6.07) is 0. The van der Waals surface area contributed by atoms with Crippen molar-refractivity contribution in [2.24, 2.45) is 0 Å². The minimum Gasteiger partial charge on any atom is -0.477 e. The molecule has 2 atom stereocenters. The van der Waals surface area contributed by atoms with Gasteiger partial charge in [0.25, 0.3) is 5.91 Å². The number of carboxylic acid groups (broad SMARTS) is 1. The Morgan fingerprint density at radius 2 is 2.45 bits per heavy atom. The molecule has 0 bridgehead atoms. The molecule has 2 aliphatic heterocycles. The van der Waals surface area contributed by atoms with Gasteiger partial charge < -0.3 is 10.2 Å². The van der Waals surface area contributed by atoms with Gasteiger partial charge in [0.2, 0.25) is 5.16 Å². The van der Waals surface area contributed by atoms with E-state index in [1.807, 2.05) is 0 Å². The van der Waals surface area contributed by atoms with Crippen LogP contribution < -0.4 is 0 Å². The second-order valence-corrected chi connectivity index (χ2v) is 6.23. The fourth-order valence-electron chi connectivity index (χ4n) is 2.06. The predicted molar refractivity (Wildman–Crippen MR) is 70.9 cm³/mol. The number of carbonyl (C=O) groups excluding carboxylic acids is 1. The van der Waals surface area contributed by atoms with Gasteiger partial charge in [-0.1, -0.05) is 11.8 Å². The van der Waals surface area contributed by atoms with E-state index in [-0.39, 0.29) is 5.70 Å². The Bertz CT molecular complexity index is 588. The minimum absolute atomic E-state index is 0.0212. The number of nitrogens with one attached hydrogen (secondary N) is 1. The number of aromatic amines is 1. The van der Waals surface area contributed by atoms with Crippen LogP contribution in [0.1, 0.15) is 0 Å². The number of rotatable bonds is 4. The molecule has 1 fully saturated rings. The SMILES string of the molecule is O=C(O)C1=C(CSc2nc[nH]n2)CS[C@H]2[C@H](O)C(=O)N12. The number of amides is 1. The van der Waals surface area contributed by atoms with Crippen molar-refractivity contribution in [1.29, 1.82) is 0 Å². The first-order chi connectivity index (χ1) is 9.59. The van der Waals surface area contributed by atoms with E-state index in [1.54, 1.807) is 0 Å². The number of aromatic nitrogens is 3. The third kappa shape index (κ3) is 2.09. The van der Waals surface area contributed by atoms with Crippen molar-refractivity contribution in [3.63, 3.8) is 0 Å². The van der Waals surface area contributed by atoms with Crippen LogP contribution in [-0.2, 0) is 9.59 Å². The van der Waals surface area contributed by atoms with Gasteiger partial charge in [-0.25, -0.2) is 9.78 Å². The van der Waals surface area contributed by atoms with E-state index in [0.29, 0.717) is 22.2 Å². The summed E-state index contributed by atoms with van der Waals surface area (Å²) in [4.78, 5) is 28.1. The third-order valence-electron chi connectivity index (χ3n) is 2.99. The van der Waals surface area contributed by atoms with E-state index < -0.39 is 23.4 Å². The largest absolute Gasteiger partial charge is 0.477 e. The molecule has 8 nitrogen and oxygen atoms in total. The summed E-state index contributed by atoms with van der Waals surface area (Å²) in [6.07, 6.45) is 0.340. The van der Waals surface area contributed by atoms with Gasteiger partial charge in [-0.3, -0.25) is 14.8 Å². The van der Waals surface area contributed by atoms with E-state index in [9.17, 15) is 19.8 Å². The van der Waals surface area contributed by atoms with Gasteiger partial charge in [0, 0.05) is 11.5 Å². The summed E-state index contributed by atoms with van der Waals surface area (Å²) in [6.45, 7) is 0. The molecule has 1 aromatic rings. The normalized spacial score (nSPS) is 25.4. The van der Waals surface area contributed by atoms with Gasteiger partial charge >= 0.3 is 5.97 Å². The van der Waals surface area contributed by atoms with Crippen molar-refractivity contribution in [3.8, 4) is 0 Å². The van der Waals surface area contributed by atoms with Crippen LogP contribution in [0, 0.1) is 0 Å². The summed E-state index contributed by atoms with van der Waals surface area (Å²) in [5, 5.41) is 25.3. The van der Waals surface area contributed by atoms with Gasteiger partial charge in [-0.05, 0) is 5.57 Å². The second kappa shape index (κ2) is 5.11. The topological polar surface area (TPSA) is 119 Å². The molecule has 3 rings (SSSR count). The Morgan fingerprint density at radius 1 is 1.65 bits per heavy atom. The van der Waals surface area contributed by atoms with Crippen LogP contribution in [-0.4, -0.2) is 65.2 Å². The summed E-state index contributed by atoms with van der Waals surface area (Å²) < 4.78 is 0. The van der Waals surface area contributed by atoms with Crippen LogP contribution in [0.2, 0.25) is 0 Å². The molecule has 0 unspecified atom stereocenters. The highest BCUT2D eigenvalue weighted by Gasteiger charge is 2.52. The Morgan fingerprint density at radius 3 is 3.10 bits per heavy atom. The zero-order valence-corrected chi connectivity index (χ0v) is 11.6. The number of carboxylic acids is 1. The Balaban J connectivity index is 1.82. The summed E-state index contributed by atoms with van der Waals surface area (Å²) in [5.74, 6) is -0.856. The number of hydrogen-bond donors (Lipinski definition) is 3. The molecule has 1 saturated heterocycles. The fraction of sp³-hybridized carbons (Fsp3) is 0.400. The number of aliphatic hydroxyl groups is 1. The fourth-order valence-corrected chi connectivity index (χ4v) is 4.24. The Kier molecular flexibility index (Phi) is 3.44. The lowest BCUT2D eigenvalue weighted by Gasteiger charge is -2.47. The van der Waals surface area contributed by atoms with E-state index in [0.717, 1.165) is 4.90 Å². The summed E-state index contributed by atoms with van der Waals surface area (Å²) in [7, 11) is 0. The van der Waals surface area contributed by atoms with Crippen molar-refractivity contribution in [1.82, 2.24) is 20.1 Å². The van der Waals surface area contributed by atoms with Crippen LogP contribution in [0.4, 0.5) is 0 Å². The predicted octanol–water partition coefficient (Wildman–Crippen LogP) is -0.489. The molecule has 2 aliphatic rings. The zero-order valence-electron chi connectivity index (χ0n) is 10.0. The maximum atomic E-state index is 11.6. The molecule has 20 heavy (non-hydrogen) atoms. The lowest BCUT2D eigenvalue weighted by molar-refractivity contribution is -0.159. The first kappa shape index (κ1) is 13.5. The lowest BCUT2D eigenvalue weighted by atomic mass is 10.1. The number of aliphatic hydroxyl groups excluding tert-OH is 1. The molecule has 1 aromatic heterocycles. The zero-order chi connectivity index (χ0) is 14.3. The van der Waals surface area contributed by atoms with Crippen molar-refractivity contribution in [2.45, 2.75) is 16.6 Å². The molecule has 3 N–H and O–H groups in total. The summed E-state index contributed by atoms with van der Waals surface area (Å²) in [5.41, 5.74) is 0.612. The monoisotopic (exact) mass is 314 g/mol. The molecular formula is C10H10N4O4S2. The highest BCUT2D eigenvalue weighted by Crippen LogP contribution is 2.41. The number of nitrogens with zero attached hydrogens (tertiary/aromatic N) is 3. The smallest absolute Gasteiger partial charge is 0.352 e. The number of carbonyl (C=O) groups is 2. The van der Waals surface area contributed by atoms with Crippen LogP contribution in [0.3, 0.4) is 0 Å². The third-order valence-corrected chi connectivity index (χ3v) is 5.26. The van der Waals surface area contributed by atoms with E-state index >= 15 is 0 Å². The van der Waals surface area contributed by atoms with E-state index in [4.69, 9.17) is 0 Å². The average Bonchev–Trinajstić information content (AvgIpc) is 2.96. The number of H-pyrrole nitrogens is 1. The van der Waals surface area contributed by atoms with Crippen LogP contribution in [0.5, 0.6) is 0 Å². The molecule has 3 heterocycles. The number of thioether (sulfide) groups is 2. The molecule has 0 aliphatic carbocycles. The molecule has 106 valence electrons. The maximum absolute atomic E-state index is 11.6. The molecule has 10 heteroatoms. The van der Waals surface area contributed by atoms with Gasteiger partial charge in [0.1, 0.15) is 17.4 Å². The van der Waals surface area contributed by atoms with Gasteiger partial charge in [-0.2, -0.15) is 0 Å². The first-order valence-electron chi connectivity index (χ1n) is 5.66. The molecule has 0 radical (unpaired) electrons. The quantitative estimate of drug-likeness (QED) is 0.503. The van der Waals surface area contributed by atoms with Crippen LogP contribution in [0.15, 0.2) is 22.8 Å². The average molecular weight is 314 g/mol. The second-order valence-electron chi connectivity index (χ2n) is 4.18. The highest BCUT2D eigenvalue weighted by molar-refractivity contribution is 8.01. The van der Waals surface area contributed by atoms with E-state index in [1.165, 1.54) is 29.9 Å². The number of aliphatic carboxylic acids is 1. The molecule has 0 spiro atoms. The standard InChI is InChI=1S/C10H10N4O4S2/c15-6-7(16)14-5(9(17)18)4(1-19-8(6)14)2-20-10-11-3-12-13-10/h3,6,8,15H,1-2H2,(H,17,18)(H,11,12,13)/t6-,8+/m1/s1. The van der Waals surface area contributed by atoms with Gasteiger partial charge in [0.05, 0.1) is 0 Å². The van der Waals surface area contributed by atoms with Crippen molar-refractivity contribution < 1.29 is 19.8 Å². The van der Waals surface area contributed by atoms with Gasteiger partial charge in [-0.15, -0.1) is 16.9 Å². The van der Waals surface area contributed by atoms with Gasteiger partial charge in [0.15, 0.2) is 6.10 Å². The van der Waals surface area contributed by atoms with E-state index in [2.05, 4.69) is 15.2 Å². The van der Waals surface area contributed by atoms with Crippen LogP contribution >= 0.6 is 23.5 Å².